The minimum absolute atomic E-state index is 0.0827. The maximum absolute atomic E-state index is 14.0. The fourth-order valence-corrected chi connectivity index (χ4v) is 3.69. The molecule has 12 heteroatoms. The van der Waals surface area contributed by atoms with Gasteiger partial charge in [0.05, 0.1) is 6.61 Å². The van der Waals surface area contributed by atoms with E-state index in [1.165, 1.54) is 0 Å². The number of hydrogen-bond acceptors (Lipinski definition) is 9. The average molecular weight is 525 g/mol. The summed E-state index contributed by atoms with van der Waals surface area (Å²) in [6.07, 6.45) is -7.60. The van der Waals surface area contributed by atoms with Gasteiger partial charge in [-0.1, -0.05) is 38.1 Å². The number of aryl methyl sites for hydroxylation is 1. The summed E-state index contributed by atoms with van der Waals surface area (Å²) in [6.45, 7) is 3.14. The molecular formula is C25H37FN4O7. The van der Waals surface area contributed by atoms with Crippen molar-refractivity contribution in [2.24, 2.45) is 17.4 Å². The number of amides is 2. The van der Waals surface area contributed by atoms with E-state index < -0.39 is 49.2 Å². The van der Waals surface area contributed by atoms with Gasteiger partial charge < -0.3 is 41.6 Å². The zero-order valence-electron chi connectivity index (χ0n) is 21.0. The van der Waals surface area contributed by atoms with E-state index in [1.807, 2.05) is 38.1 Å². The molecule has 206 valence electrons. The maximum Gasteiger partial charge on any atom is 0.231 e. The standard InChI is InChI=1S/C25H37FN4O7/c1-13(2)21(28)16(24(29)37-25-23(35)22(34)20(26)17(12-31)36-25)11-15-5-3-14(4-6-15)7-8-19(33)30-10-9-18(27)32/h3-6,13,17,20,22-23,25,29,31,34-35H,7-12,28H2,1-2H3,(H2,27,32)(H,30,33)/b21-16-,29-24?. The highest BCUT2D eigenvalue weighted by molar-refractivity contribution is 5.92. The quantitative estimate of drug-likeness (QED) is 0.144. The summed E-state index contributed by atoms with van der Waals surface area (Å²) in [4.78, 5) is 22.6. The van der Waals surface area contributed by atoms with Crippen molar-refractivity contribution in [1.29, 1.82) is 5.41 Å². The molecule has 37 heavy (non-hydrogen) atoms. The summed E-state index contributed by atoms with van der Waals surface area (Å²) in [6, 6.07) is 7.34. The average Bonchev–Trinajstić information content (AvgIpc) is 2.86. The number of ether oxygens (including phenoxy) is 2. The van der Waals surface area contributed by atoms with Crippen LogP contribution in [0.15, 0.2) is 35.5 Å². The number of benzene rings is 1. The number of aliphatic hydroxyl groups excluding tert-OH is 3. The van der Waals surface area contributed by atoms with Gasteiger partial charge in [-0.15, -0.1) is 0 Å². The summed E-state index contributed by atoms with van der Waals surface area (Å²) < 4.78 is 24.7. The zero-order valence-corrected chi connectivity index (χ0v) is 21.0. The molecule has 5 unspecified atom stereocenters. The molecule has 1 aliphatic rings. The highest BCUT2D eigenvalue weighted by Crippen LogP contribution is 2.26. The molecule has 0 saturated carbocycles. The molecule has 0 aliphatic carbocycles. The minimum Gasteiger partial charge on any atom is -0.445 e. The van der Waals surface area contributed by atoms with Crippen molar-refractivity contribution in [3.05, 3.63) is 46.7 Å². The van der Waals surface area contributed by atoms with Gasteiger partial charge in [0.1, 0.15) is 18.3 Å². The topological polar surface area (TPSA) is 201 Å². The third-order valence-electron chi connectivity index (χ3n) is 6.02. The first-order chi connectivity index (χ1) is 17.4. The second-order valence-corrected chi connectivity index (χ2v) is 9.25. The SMILES string of the molecule is CC(C)/C(N)=C(\Cc1ccc(CCC(=O)NCCC(N)=O)cc1)C(=N)OC1OC(CO)C(F)C(O)C1O. The van der Waals surface area contributed by atoms with E-state index in [0.29, 0.717) is 17.7 Å². The Kier molecular flexibility index (Phi) is 11.4. The molecule has 1 aromatic carbocycles. The summed E-state index contributed by atoms with van der Waals surface area (Å²) in [5.41, 5.74) is 13.7. The predicted molar refractivity (Wildman–Crippen MR) is 133 cm³/mol. The summed E-state index contributed by atoms with van der Waals surface area (Å²) in [7, 11) is 0. The molecule has 1 heterocycles. The van der Waals surface area contributed by atoms with Crippen LogP contribution in [0.3, 0.4) is 0 Å². The number of nitrogens with one attached hydrogen (secondary N) is 2. The fraction of sp³-hybridized carbons (Fsp3) is 0.560. The van der Waals surface area contributed by atoms with Crippen molar-refractivity contribution >= 4 is 17.7 Å². The van der Waals surface area contributed by atoms with Gasteiger partial charge in [0.15, 0.2) is 6.17 Å². The van der Waals surface area contributed by atoms with Crippen LogP contribution in [-0.4, -0.2) is 77.0 Å². The normalized spacial score (nSPS) is 24.4. The molecular weight excluding hydrogens is 487 g/mol. The lowest BCUT2D eigenvalue weighted by atomic mass is 9.96. The number of carbonyl (C=O) groups is 2. The fourth-order valence-electron chi connectivity index (χ4n) is 3.69. The van der Waals surface area contributed by atoms with Crippen molar-refractivity contribution in [1.82, 2.24) is 5.32 Å². The molecule has 9 N–H and O–H groups in total. The molecule has 1 saturated heterocycles. The first-order valence-corrected chi connectivity index (χ1v) is 12.1. The van der Waals surface area contributed by atoms with Gasteiger partial charge in [-0.2, -0.15) is 0 Å². The van der Waals surface area contributed by atoms with E-state index in [-0.39, 0.29) is 37.6 Å². The van der Waals surface area contributed by atoms with Crippen LogP contribution in [0.1, 0.15) is 37.8 Å². The van der Waals surface area contributed by atoms with Crippen LogP contribution in [0.5, 0.6) is 0 Å². The Labute approximate surface area is 215 Å². The van der Waals surface area contributed by atoms with Crippen LogP contribution < -0.4 is 16.8 Å². The molecule has 1 aromatic rings. The number of carbonyl (C=O) groups excluding carboxylic acids is 2. The Morgan fingerprint density at radius 2 is 1.76 bits per heavy atom. The lowest BCUT2D eigenvalue weighted by Gasteiger charge is -2.38. The van der Waals surface area contributed by atoms with Crippen LogP contribution in [0.25, 0.3) is 0 Å². The summed E-state index contributed by atoms with van der Waals surface area (Å²) in [5.74, 6) is -1.23. The molecule has 1 fully saturated rings. The lowest BCUT2D eigenvalue weighted by Crippen LogP contribution is -2.58. The van der Waals surface area contributed by atoms with Crippen molar-refractivity contribution in [2.45, 2.75) is 70.3 Å². The number of alkyl halides is 1. The first kappa shape index (κ1) is 30.2. The Morgan fingerprint density at radius 1 is 1.14 bits per heavy atom. The van der Waals surface area contributed by atoms with Crippen molar-refractivity contribution in [2.75, 3.05) is 13.2 Å². The smallest absolute Gasteiger partial charge is 0.231 e. The van der Waals surface area contributed by atoms with Crippen molar-refractivity contribution in [3.63, 3.8) is 0 Å². The van der Waals surface area contributed by atoms with E-state index in [0.717, 1.165) is 11.1 Å². The highest BCUT2D eigenvalue weighted by Gasteiger charge is 2.46. The van der Waals surface area contributed by atoms with Crippen LogP contribution in [0, 0.1) is 11.3 Å². The summed E-state index contributed by atoms with van der Waals surface area (Å²) in [5, 5.41) is 40.5. The second-order valence-electron chi connectivity index (χ2n) is 9.25. The van der Waals surface area contributed by atoms with Gasteiger partial charge in [-0.05, 0) is 23.5 Å². The third-order valence-corrected chi connectivity index (χ3v) is 6.02. The number of nitrogens with two attached hydrogens (primary N) is 2. The van der Waals surface area contributed by atoms with Gasteiger partial charge in [0.25, 0.3) is 0 Å². The molecule has 5 atom stereocenters. The lowest BCUT2D eigenvalue weighted by molar-refractivity contribution is -0.269. The molecule has 0 bridgehead atoms. The van der Waals surface area contributed by atoms with Gasteiger partial charge in [0, 0.05) is 37.1 Å². The number of primary amides is 1. The van der Waals surface area contributed by atoms with Gasteiger partial charge in [-0.3, -0.25) is 15.0 Å². The number of halogens is 1. The molecule has 11 nitrogen and oxygen atoms in total. The van der Waals surface area contributed by atoms with E-state index in [2.05, 4.69) is 5.32 Å². The van der Waals surface area contributed by atoms with E-state index in [4.69, 9.17) is 26.4 Å². The van der Waals surface area contributed by atoms with Crippen LogP contribution in [0.2, 0.25) is 0 Å². The van der Waals surface area contributed by atoms with Crippen molar-refractivity contribution in [3.8, 4) is 0 Å². The largest absolute Gasteiger partial charge is 0.445 e. The highest BCUT2D eigenvalue weighted by atomic mass is 19.1. The number of allylic oxidation sites excluding steroid dienone is 1. The monoisotopic (exact) mass is 524 g/mol. The molecule has 0 spiro atoms. The number of rotatable bonds is 12. The number of hydrogen-bond donors (Lipinski definition) is 7. The van der Waals surface area contributed by atoms with Gasteiger partial charge >= 0.3 is 0 Å². The van der Waals surface area contributed by atoms with Gasteiger partial charge in [0.2, 0.25) is 24.0 Å². The van der Waals surface area contributed by atoms with Crippen LogP contribution in [0.4, 0.5) is 4.39 Å². The van der Waals surface area contributed by atoms with Gasteiger partial charge in [-0.25, -0.2) is 4.39 Å². The van der Waals surface area contributed by atoms with E-state index in [1.54, 1.807) is 0 Å². The van der Waals surface area contributed by atoms with E-state index in [9.17, 15) is 29.3 Å². The molecule has 1 aliphatic heterocycles. The second kappa shape index (κ2) is 14.0. The van der Waals surface area contributed by atoms with E-state index >= 15 is 0 Å². The minimum atomic E-state index is -2.01. The van der Waals surface area contributed by atoms with Crippen LogP contribution >= 0.6 is 0 Å². The molecule has 2 amide bonds. The predicted octanol–water partition coefficient (Wildman–Crippen LogP) is -0.207. The Morgan fingerprint density at radius 3 is 2.32 bits per heavy atom. The molecule has 2 rings (SSSR count). The molecule has 0 radical (unpaired) electrons. The number of aliphatic hydroxyl groups is 3. The van der Waals surface area contributed by atoms with Crippen LogP contribution in [-0.2, 0) is 31.9 Å². The Balaban J connectivity index is 2.05. The molecule has 0 aromatic heterocycles. The van der Waals surface area contributed by atoms with Crippen molar-refractivity contribution < 1.29 is 38.8 Å². The third kappa shape index (κ3) is 8.78. The summed E-state index contributed by atoms with van der Waals surface area (Å²) >= 11 is 0. The maximum atomic E-state index is 14.0. The Hall–Kier alpha value is -3.06. The first-order valence-electron chi connectivity index (χ1n) is 12.1. The Bertz CT molecular complexity index is 968. The zero-order chi connectivity index (χ0) is 27.7.